The molecule has 3 rings (SSSR count). The zero-order valence-electron chi connectivity index (χ0n) is 9.31. The van der Waals surface area contributed by atoms with Crippen LogP contribution in [0.3, 0.4) is 0 Å². The first-order valence-electron chi connectivity index (χ1n) is 5.76. The minimum atomic E-state index is -0.642. The second kappa shape index (κ2) is 3.24. The van der Waals surface area contributed by atoms with E-state index in [-0.39, 0.29) is 12.0 Å². The number of fused-ring (bicyclic) bond motifs is 3. The maximum atomic E-state index is 11.1. The Morgan fingerprint density at radius 2 is 2.31 bits per heavy atom. The molecule has 0 saturated carbocycles. The van der Waals surface area contributed by atoms with Gasteiger partial charge in [-0.15, -0.1) is 0 Å². The van der Waals surface area contributed by atoms with Gasteiger partial charge in [0, 0.05) is 18.3 Å². The Hall–Kier alpha value is -1.51. The number of aryl methyl sites for hydroxylation is 1. The van der Waals surface area contributed by atoms with Crippen LogP contribution in [0.5, 0.6) is 0 Å². The van der Waals surface area contributed by atoms with Crippen molar-refractivity contribution in [1.82, 2.24) is 0 Å². The van der Waals surface area contributed by atoms with E-state index in [2.05, 4.69) is 30.0 Å². The minimum Gasteiger partial charge on any atom is -0.481 e. The van der Waals surface area contributed by atoms with Crippen molar-refractivity contribution in [1.29, 1.82) is 0 Å². The first-order valence-corrected chi connectivity index (χ1v) is 5.76. The molecule has 2 atom stereocenters. The summed E-state index contributed by atoms with van der Waals surface area (Å²) in [6.07, 6.45) is 1.68. The van der Waals surface area contributed by atoms with Gasteiger partial charge in [0.15, 0.2) is 0 Å². The molecule has 0 radical (unpaired) electrons. The molecule has 2 heterocycles. The van der Waals surface area contributed by atoms with Crippen LogP contribution in [0.1, 0.15) is 17.5 Å². The van der Waals surface area contributed by atoms with Crippen LogP contribution in [0.2, 0.25) is 0 Å². The van der Waals surface area contributed by atoms with Gasteiger partial charge in [0.2, 0.25) is 0 Å². The molecule has 3 heteroatoms. The molecule has 0 spiro atoms. The zero-order chi connectivity index (χ0) is 11.3. The fourth-order valence-electron chi connectivity index (χ4n) is 3.08. The van der Waals surface area contributed by atoms with Crippen molar-refractivity contribution in [3.8, 4) is 0 Å². The monoisotopic (exact) mass is 217 g/mol. The molecule has 2 aliphatic rings. The molecular weight excluding hydrogens is 202 g/mol. The molecule has 1 aromatic carbocycles. The fraction of sp³-hybridized carbons (Fsp3) is 0.462. The lowest BCUT2D eigenvalue weighted by Gasteiger charge is -2.20. The van der Waals surface area contributed by atoms with E-state index >= 15 is 0 Å². The summed E-state index contributed by atoms with van der Waals surface area (Å²) in [5.74, 6) is -0.829. The number of rotatable bonds is 1. The molecule has 16 heavy (non-hydrogen) atoms. The largest absolute Gasteiger partial charge is 0.481 e. The maximum absolute atomic E-state index is 11.1. The predicted molar refractivity (Wildman–Crippen MR) is 61.8 cm³/mol. The highest BCUT2D eigenvalue weighted by molar-refractivity contribution is 5.75. The predicted octanol–water partition coefficient (Wildman–Crippen LogP) is 1.83. The highest BCUT2D eigenvalue weighted by Gasteiger charge is 2.43. The van der Waals surface area contributed by atoms with Crippen molar-refractivity contribution in [3.63, 3.8) is 0 Å². The van der Waals surface area contributed by atoms with Crippen LogP contribution in [0.4, 0.5) is 5.69 Å². The number of aliphatic carboxylic acids is 1. The summed E-state index contributed by atoms with van der Waals surface area (Å²) in [5.41, 5.74) is 3.82. The van der Waals surface area contributed by atoms with Gasteiger partial charge in [-0.2, -0.15) is 0 Å². The molecule has 0 aliphatic carbocycles. The van der Waals surface area contributed by atoms with Gasteiger partial charge < -0.3 is 10.0 Å². The van der Waals surface area contributed by atoms with Gasteiger partial charge >= 0.3 is 5.97 Å². The van der Waals surface area contributed by atoms with E-state index in [0.29, 0.717) is 0 Å². The number of anilines is 1. The summed E-state index contributed by atoms with van der Waals surface area (Å²) in [7, 11) is 0. The molecule has 1 N–H and O–H groups in total. The van der Waals surface area contributed by atoms with E-state index in [1.54, 1.807) is 0 Å². The van der Waals surface area contributed by atoms with E-state index < -0.39 is 5.97 Å². The van der Waals surface area contributed by atoms with E-state index in [0.717, 1.165) is 19.4 Å². The number of benzene rings is 1. The third-order valence-corrected chi connectivity index (χ3v) is 3.84. The van der Waals surface area contributed by atoms with E-state index in [4.69, 9.17) is 5.11 Å². The maximum Gasteiger partial charge on any atom is 0.308 e. The lowest BCUT2D eigenvalue weighted by atomic mass is 9.96. The van der Waals surface area contributed by atoms with E-state index in [1.807, 2.05) is 0 Å². The molecule has 1 fully saturated rings. The molecule has 3 nitrogen and oxygen atoms in total. The number of hydrogen-bond donors (Lipinski definition) is 1. The SMILES string of the molecule is Cc1ccc2c(c1)CC1C(C(=O)O)CCN21. The van der Waals surface area contributed by atoms with Crippen LogP contribution in [0.25, 0.3) is 0 Å². The number of hydrogen-bond acceptors (Lipinski definition) is 2. The number of carboxylic acids is 1. The van der Waals surface area contributed by atoms with Crippen molar-refractivity contribution >= 4 is 11.7 Å². The summed E-state index contributed by atoms with van der Waals surface area (Å²) >= 11 is 0. The smallest absolute Gasteiger partial charge is 0.308 e. The van der Waals surface area contributed by atoms with Gasteiger partial charge in [-0.3, -0.25) is 4.79 Å². The average molecular weight is 217 g/mol. The normalized spacial score (nSPS) is 26.7. The quantitative estimate of drug-likeness (QED) is 0.780. The van der Waals surface area contributed by atoms with Gasteiger partial charge in [-0.25, -0.2) is 0 Å². The number of carbonyl (C=O) groups is 1. The van der Waals surface area contributed by atoms with Crippen molar-refractivity contribution < 1.29 is 9.90 Å². The summed E-state index contributed by atoms with van der Waals surface area (Å²) < 4.78 is 0. The first kappa shape index (κ1) is 9.70. The van der Waals surface area contributed by atoms with Gasteiger partial charge in [-0.05, 0) is 31.4 Å². The van der Waals surface area contributed by atoms with Crippen LogP contribution in [-0.4, -0.2) is 23.7 Å². The van der Waals surface area contributed by atoms with Crippen molar-refractivity contribution in [2.45, 2.75) is 25.8 Å². The standard InChI is InChI=1S/C13H15NO2/c1-8-2-3-11-9(6-8)7-12-10(13(15)16)4-5-14(11)12/h2-3,6,10,12H,4-5,7H2,1H3,(H,15,16). The minimum absolute atomic E-state index is 0.187. The number of nitrogens with zero attached hydrogens (tertiary/aromatic N) is 1. The Morgan fingerprint density at radius 3 is 3.06 bits per heavy atom. The average Bonchev–Trinajstić information content (AvgIpc) is 2.74. The van der Waals surface area contributed by atoms with Crippen molar-refractivity contribution in [3.05, 3.63) is 29.3 Å². The molecule has 0 aromatic heterocycles. The second-order valence-electron chi connectivity index (χ2n) is 4.83. The summed E-state index contributed by atoms with van der Waals surface area (Å²) in [6.45, 7) is 2.97. The fourth-order valence-corrected chi connectivity index (χ4v) is 3.08. The van der Waals surface area contributed by atoms with E-state index in [1.165, 1.54) is 16.8 Å². The zero-order valence-corrected chi connectivity index (χ0v) is 9.31. The third kappa shape index (κ3) is 1.24. The Morgan fingerprint density at radius 1 is 1.50 bits per heavy atom. The van der Waals surface area contributed by atoms with Crippen LogP contribution in [0.15, 0.2) is 18.2 Å². The topological polar surface area (TPSA) is 40.5 Å². The Kier molecular flexibility index (Phi) is 1.96. The number of carboxylic acid groups (broad SMARTS) is 1. The van der Waals surface area contributed by atoms with Gasteiger partial charge in [-0.1, -0.05) is 17.7 Å². The van der Waals surface area contributed by atoms with Crippen LogP contribution in [0, 0.1) is 12.8 Å². The molecule has 1 aromatic rings. The molecule has 0 bridgehead atoms. The van der Waals surface area contributed by atoms with Crippen molar-refractivity contribution in [2.24, 2.45) is 5.92 Å². The second-order valence-corrected chi connectivity index (χ2v) is 4.83. The van der Waals surface area contributed by atoms with Crippen LogP contribution in [-0.2, 0) is 11.2 Å². The molecule has 0 amide bonds. The van der Waals surface area contributed by atoms with Gasteiger partial charge in [0.1, 0.15) is 0 Å². The first-order chi connectivity index (χ1) is 7.66. The molecule has 2 unspecified atom stereocenters. The van der Waals surface area contributed by atoms with Crippen LogP contribution >= 0.6 is 0 Å². The highest BCUT2D eigenvalue weighted by atomic mass is 16.4. The van der Waals surface area contributed by atoms with Crippen LogP contribution < -0.4 is 4.90 Å². The summed E-state index contributed by atoms with van der Waals surface area (Å²) in [5, 5.41) is 9.17. The Balaban J connectivity index is 1.97. The Labute approximate surface area is 94.7 Å². The third-order valence-electron chi connectivity index (χ3n) is 3.84. The molecule has 84 valence electrons. The summed E-state index contributed by atoms with van der Waals surface area (Å²) in [6, 6.07) is 6.62. The van der Waals surface area contributed by atoms with Gasteiger partial charge in [0.05, 0.1) is 5.92 Å². The van der Waals surface area contributed by atoms with Gasteiger partial charge in [0.25, 0.3) is 0 Å². The highest BCUT2D eigenvalue weighted by Crippen LogP contribution is 2.40. The molecule has 1 saturated heterocycles. The summed E-state index contributed by atoms with van der Waals surface area (Å²) in [4.78, 5) is 13.4. The van der Waals surface area contributed by atoms with E-state index in [9.17, 15) is 4.79 Å². The lowest BCUT2D eigenvalue weighted by molar-refractivity contribution is -0.141. The lowest BCUT2D eigenvalue weighted by Crippen LogP contribution is -2.32. The Bertz CT molecular complexity index is 455. The molecular formula is C13H15NO2. The van der Waals surface area contributed by atoms with Crippen molar-refractivity contribution in [2.75, 3.05) is 11.4 Å². The molecule has 2 aliphatic heterocycles.